The molecule has 0 saturated carbocycles. The molecule has 0 amide bonds. The number of fused-ring (bicyclic) bond motifs is 2. The van der Waals surface area contributed by atoms with E-state index in [2.05, 4.69) is 13.2 Å². The van der Waals surface area contributed by atoms with Crippen LogP contribution < -0.4 is 10.2 Å². The molecule has 0 fully saturated rings. The Labute approximate surface area is 199 Å². The van der Waals surface area contributed by atoms with Crippen molar-refractivity contribution in [1.82, 2.24) is 0 Å². The molecule has 2 aromatic carbocycles. The van der Waals surface area contributed by atoms with Crippen LogP contribution in [0.4, 0.5) is 0 Å². The van der Waals surface area contributed by atoms with Crippen LogP contribution in [0.3, 0.4) is 0 Å². The highest BCUT2D eigenvalue weighted by Gasteiger charge is 2.24. The summed E-state index contributed by atoms with van der Waals surface area (Å²) < 4.78 is 16.9. The zero-order chi connectivity index (χ0) is 23.5. The quantitative estimate of drug-likeness (QED) is 0.165. The third kappa shape index (κ3) is 4.38. The molecule has 1 heterocycles. The van der Waals surface area contributed by atoms with E-state index in [-0.39, 0.29) is 23.7 Å². The average molecular weight is 481 g/mol. The average Bonchev–Trinajstić information content (AvgIpc) is 2.81. The molecule has 166 valence electrons. The summed E-state index contributed by atoms with van der Waals surface area (Å²) in [6, 6.07) is 13.2. The van der Waals surface area contributed by atoms with Crippen molar-refractivity contribution in [3.63, 3.8) is 0 Å². The van der Waals surface area contributed by atoms with E-state index in [1.807, 2.05) is 0 Å². The second-order valence-corrected chi connectivity index (χ2v) is 7.88. The summed E-state index contributed by atoms with van der Waals surface area (Å²) in [4.78, 5) is 25.0. The second kappa shape index (κ2) is 9.53. The summed E-state index contributed by atoms with van der Waals surface area (Å²) in [6.07, 6.45) is 3.09. The van der Waals surface area contributed by atoms with Crippen LogP contribution in [0, 0.1) is 0 Å². The predicted molar refractivity (Wildman–Crippen MR) is 131 cm³/mol. The van der Waals surface area contributed by atoms with Gasteiger partial charge < -0.3 is 13.9 Å². The van der Waals surface area contributed by atoms with Gasteiger partial charge in [0, 0.05) is 28.6 Å². The van der Waals surface area contributed by atoms with E-state index in [0.29, 0.717) is 49.8 Å². The minimum absolute atomic E-state index is 0.0297. The molecular weight excluding hydrogens is 463 g/mol. The molecule has 33 heavy (non-hydrogen) atoms. The van der Waals surface area contributed by atoms with Crippen LogP contribution >= 0.6 is 23.2 Å². The van der Waals surface area contributed by atoms with Gasteiger partial charge >= 0.3 is 5.97 Å². The Kier molecular flexibility index (Phi) is 6.54. The van der Waals surface area contributed by atoms with E-state index < -0.39 is 5.97 Å². The Morgan fingerprint density at radius 2 is 1.73 bits per heavy atom. The Balaban J connectivity index is 2.08. The van der Waals surface area contributed by atoms with Crippen molar-refractivity contribution in [2.24, 2.45) is 0 Å². The lowest BCUT2D eigenvalue weighted by molar-refractivity contribution is 0.0550. The molecule has 4 rings (SSSR count). The molecule has 5 nitrogen and oxygen atoms in total. The minimum atomic E-state index is -0.517. The van der Waals surface area contributed by atoms with E-state index in [1.165, 1.54) is 18.2 Å². The molecule has 1 aliphatic heterocycles. The molecule has 1 aliphatic carbocycles. The van der Waals surface area contributed by atoms with Gasteiger partial charge in [0.2, 0.25) is 5.43 Å². The zero-order valence-electron chi connectivity index (χ0n) is 17.4. The Morgan fingerprint density at radius 1 is 0.970 bits per heavy atom. The number of rotatable bonds is 7. The molecule has 0 N–H and O–H groups in total. The van der Waals surface area contributed by atoms with E-state index in [0.717, 1.165) is 0 Å². The first-order valence-electron chi connectivity index (χ1n) is 9.95. The van der Waals surface area contributed by atoms with Gasteiger partial charge in [0.15, 0.2) is 0 Å². The molecule has 7 heteroatoms. The first-order chi connectivity index (χ1) is 15.9. The first-order valence-corrected chi connectivity index (χ1v) is 10.7. The van der Waals surface area contributed by atoms with Crippen molar-refractivity contribution in [3.05, 3.63) is 99.7 Å². The van der Waals surface area contributed by atoms with E-state index in [1.54, 1.807) is 42.5 Å². The van der Waals surface area contributed by atoms with E-state index in [4.69, 9.17) is 37.1 Å². The van der Waals surface area contributed by atoms with Gasteiger partial charge in [0.1, 0.15) is 30.3 Å². The van der Waals surface area contributed by atoms with Crippen LogP contribution in [-0.2, 0) is 4.74 Å². The number of esters is 1. The molecule has 0 bridgehead atoms. The van der Waals surface area contributed by atoms with E-state index in [9.17, 15) is 9.59 Å². The smallest absolute Gasteiger partial charge is 0.339 e. The highest BCUT2D eigenvalue weighted by Crippen LogP contribution is 2.44. The highest BCUT2D eigenvalue weighted by molar-refractivity contribution is 6.33. The van der Waals surface area contributed by atoms with Crippen molar-refractivity contribution in [2.75, 3.05) is 13.2 Å². The maximum Gasteiger partial charge on any atom is 0.339 e. The van der Waals surface area contributed by atoms with Gasteiger partial charge in [-0.1, -0.05) is 66.7 Å². The number of halogens is 2. The predicted octanol–water partition coefficient (Wildman–Crippen LogP) is 6.78. The number of carbonyl (C=O) groups excluding carboxylic acids is 1. The number of benzene rings is 3. The van der Waals surface area contributed by atoms with Gasteiger partial charge in [-0.25, -0.2) is 4.79 Å². The SMILES string of the molecule is C=CCOC(=O)c1ccccc1-c1c2cc(Cl)c(=O)cc-2oc2cc(OCC=C)c(Cl)cc12. The summed E-state index contributed by atoms with van der Waals surface area (Å²) in [5.41, 5.74) is 2.11. The van der Waals surface area contributed by atoms with Crippen LogP contribution in [0.1, 0.15) is 10.4 Å². The van der Waals surface area contributed by atoms with Gasteiger partial charge in [-0.3, -0.25) is 4.79 Å². The maximum atomic E-state index is 12.8. The summed E-state index contributed by atoms with van der Waals surface area (Å²) in [6.45, 7) is 7.54. The summed E-state index contributed by atoms with van der Waals surface area (Å²) in [5.74, 6) is 0.183. The maximum absolute atomic E-state index is 12.8. The van der Waals surface area contributed by atoms with Gasteiger partial charge in [-0.15, -0.1) is 0 Å². The normalized spacial score (nSPS) is 10.8. The molecule has 2 aromatic rings. The first kappa shape index (κ1) is 22.6. The minimum Gasteiger partial charge on any atom is -0.488 e. The molecule has 0 unspecified atom stereocenters. The number of carbonyl (C=O) groups is 1. The molecule has 0 atom stereocenters. The monoisotopic (exact) mass is 480 g/mol. The fourth-order valence-electron chi connectivity index (χ4n) is 3.53. The molecule has 0 saturated heterocycles. The molecule has 0 aromatic heterocycles. The van der Waals surface area contributed by atoms with Gasteiger partial charge in [0.25, 0.3) is 0 Å². The fourth-order valence-corrected chi connectivity index (χ4v) is 3.92. The van der Waals surface area contributed by atoms with Crippen molar-refractivity contribution in [3.8, 4) is 28.2 Å². The highest BCUT2D eigenvalue weighted by atomic mass is 35.5. The topological polar surface area (TPSA) is 65.7 Å². The van der Waals surface area contributed by atoms with Crippen LogP contribution in [0.25, 0.3) is 33.4 Å². The lowest BCUT2D eigenvalue weighted by atomic mass is 9.90. The van der Waals surface area contributed by atoms with Gasteiger partial charge in [-0.05, 0) is 23.8 Å². The van der Waals surface area contributed by atoms with Crippen molar-refractivity contribution in [2.45, 2.75) is 0 Å². The standard InChI is InChI=1S/C26H18Cl2O5/c1-3-9-31-24-14-23-18(12-20(24)28)25(17-11-19(27)21(29)13-22(17)33-23)15-7-5-6-8-16(15)26(30)32-10-4-2/h3-8,11-14H,1-2,9-10H2. The van der Waals surface area contributed by atoms with Crippen LogP contribution in [0.5, 0.6) is 5.75 Å². The summed E-state index contributed by atoms with van der Waals surface area (Å²) in [7, 11) is 0. The Hall–Kier alpha value is -3.54. The zero-order valence-corrected chi connectivity index (χ0v) is 18.9. The fraction of sp³-hybridized carbons (Fsp3) is 0.0769. The lowest BCUT2D eigenvalue weighted by Crippen LogP contribution is -2.08. The second-order valence-electron chi connectivity index (χ2n) is 7.07. The van der Waals surface area contributed by atoms with E-state index >= 15 is 0 Å². The molecule has 2 aliphatic rings. The third-order valence-electron chi connectivity index (χ3n) is 4.93. The molecule has 0 spiro atoms. The van der Waals surface area contributed by atoms with Crippen LogP contribution in [-0.4, -0.2) is 19.2 Å². The lowest BCUT2D eigenvalue weighted by Gasteiger charge is -2.18. The van der Waals surface area contributed by atoms with Gasteiger partial charge in [-0.2, -0.15) is 0 Å². The number of hydrogen-bond acceptors (Lipinski definition) is 5. The third-order valence-corrected chi connectivity index (χ3v) is 5.52. The van der Waals surface area contributed by atoms with Crippen molar-refractivity contribution in [1.29, 1.82) is 0 Å². The summed E-state index contributed by atoms with van der Waals surface area (Å²) in [5, 5.41) is 0.984. The van der Waals surface area contributed by atoms with Crippen LogP contribution in [0.2, 0.25) is 10.0 Å². The number of ether oxygens (including phenoxy) is 2. The number of hydrogen-bond donors (Lipinski definition) is 0. The summed E-state index contributed by atoms with van der Waals surface area (Å²) >= 11 is 12.7. The molecule has 0 radical (unpaired) electrons. The van der Waals surface area contributed by atoms with Gasteiger partial charge in [0.05, 0.1) is 15.6 Å². The largest absolute Gasteiger partial charge is 0.488 e. The molecular formula is C26H18Cl2O5. The van der Waals surface area contributed by atoms with Crippen LogP contribution in [0.15, 0.2) is 83.1 Å². The van der Waals surface area contributed by atoms with Crippen molar-refractivity contribution < 1.29 is 18.7 Å². The Morgan fingerprint density at radius 3 is 2.48 bits per heavy atom. The Bertz CT molecular complexity index is 1420. The van der Waals surface area contributed by atoms with Crippen molar-refractivity contribution >= 4 is 40.1 Å².